The summed E-state index contributed by atoms with van der Waals surface area (Å²) in [6.07, 6.45) is 0. The molecule has 50 valence electrons. The number of rotatable bonds is 4. The molecular formula is C5H7NO3. The summed E-state index contributed by atoms with van der Waals surface area (Å²) in [5, 5.41) is 0. The molecule has 0 unspecified atom stereocenters. The van der Waals surface area contributed by atoms with Gasteiger partial charge in [0, 0.05) is 5.57 Å². The molecule has 0 bridgehead atoms. The monoisotopic (exact) mass is 129 g/mol. The van der Waals surface area contributed by atoms with Gasteiger partial charge in [0.05, 0.1) is 0 Å². The van der Waals surface area contributed by atoms with Crippen molar-refractivity contribution in [3.63, 3.8) is 0 Å². The topological polar surface area (TPSA) is 69.4 Å². The van der Waals surface area contributed by atoms with E-state index in [1.807, 2.05) is 0 Å². The van der Waals surface area contributed by atoms with Crippen molar-refractivity contribution in [2.24, 2.45) is 5.73 Å². The summed E-state index contributed by atoms with van der Waals surface area (Å²) in [5.74, 6) is -0.656. The van der Waals surface area contributed by atoms with Crippen LogP contribution in [0.25, 0.3) is 0 Å². The molecule has 0 aromatic carbocycles. The van der Waals surface area contributed by atoms with Gasteiger partial charge in [0.15, 0.2) is 0 Å². The molecule has 0 aliphatic heterocycles. The first-order chi connectivity index (χ1) is 4.18. The van der Waals surface area contributed by atoms with Gasteiger partial charge in [-0.3, -0.25) is 9.59 Å². The maximum atomic E-state index is 10.1. The fraction of sp³-hybridized carbons (Fsp3) is 0.200. The lowest BCUT2D eigenvalue weighted by Crippen LogP contribution is -2.16. The van der Waals surface area contributed by atoms with E-state index in [4.69, 9.17) is 5.73 Å². The highest BCUT2D eigenvalue weighted by Crippen LogP contribution is 1.86. The van der Waals surface area contributed by atoms with Crippen LogP contribution >= 0.6 is 0 Å². The summed E-state index contributed by atoms with van der Waals surface area (Å²) in [6, 6.07) is 0. The largest absolute Gasteiger partial charge is 0.463 e. The molecule has 0 rings (SSSR count). The van der Waals surface area contributed by atoms with E-state index in [0.29, 0.717) is 0 Å². The number of hydrogen-bond acceptors (Lipinski definition) is 3. The van der Waals surface area contributed by atoms with Crippen molar-refractivity contribution in [2.45, 2.75) is 0 Å². The zero-order chi connectivity index (χ0) is 7.28. The fourth-order valence-electron chi connectivity index (χ4n) is 0.206. The van der Waals surface area contributed by atoms with E-state index < -0.39 is 5.91 Å². The van der Waals surface area contributed by atoms with Crippen molar-refractivity contribution in [3.05, 3.63) is 12.2 Å². The van der Waals surface area contributed by atoms with Gasteiger partial charge < -0.3 is 10.5 Å². The first-order valence-electron chi connectivity index (χ1n) is 2.21. The summed E-state index contributed by atoms with van der Waals surface area (Å²) >= 11 is 0. The third kappa shape index (κ3) is 3.28. The third-order valence-corrected chi connectivity index (χ3v) is 0.674. The summed E-state index contributed by atoms with van der Waals surface area (Å²) in [5.41, 5.74) is 4.83. The lowest BCUT2D eigenvalue weighted by molar-refractivity contribution is -0.128. The summed E-state index contributed by atoms with van der Waals surface area (Å²) in [7, 11) is 0. The molecule has 2 N–H and O–H groups in total. The molecule has 0 heterocycles. The van der Waals surface area contributed by atoms with Crippen LogP contribution in [0.2, 0.25) is 0 Å². The highest BCUT2D eigenvalue weighted by atomic mass is 16.5. The Morgan fingerprint density at radius 3 is 2.67 bits per heavy atom. The van der Waals surface area contributed by atoms with Gasteiger partial charge in [-0.1, -0.05) is 6.58 Å². The normalized spacial score (nSPS) is 8.00. The van der Waals surface area contributed by atoms with Crippen LogP contribution < -0.4 is 5.73 Å². The number of carbonyl (C=O) groups excluding carboxylic acids is 2. The van der Waals surface area contributed by atoms with E-state index in [9.17, 15) is 9.59 Å². The van der Waals surface area contributed by atoms with Crippen molar-refractivity contribution in [1.29, 1.82) is 0 Å². The number of ether oxygens (including phenoxy) is 1. The van der Waals surface area contributed by atoms with E-state index in [1.165, 1.54) is 0 Å². The average Bonchev–Trinajstić information content (AvgIpc) is 1.82. The second kappa shape index (κ2) is 3.65. The maximum Gasteiger partial charge on any atom is 0.293 e. The van der Waals surface area contributed by atoms with Crippen molar-refractivity contribution >= 4 is 12.4 Å². The molecule has 0 spiro atoms. The Labute approximate surface area is 52.3 Å². The van der Waals surface area contributed by atoms with E-state index in [2.05, 4.69) is 11.3 Å². The SMILES string of the molecule is C=C(COC=O)C(N)=O. The second-order valence-corrected chi connectivity index (χ2v) is 1.38. The zero-order valence-corrected chi connectivity index (χ0v) is 4.79. The Hall–Kier alpha value is -1.32. The summed E-state index contributed by atoms with van der Waals surface area (Å²) < 4.78 is 4.18. The van der Waals surface area contributed by atoms with Gasteiger partial charge in [-0.15, -0.1) is 0 Å². The number of amides is 1. The van der Waals surface area contributed by atoms with Gasteiger partial charge in [-0.25, -0.2) is 0 Å². The third-order valence-electron chi connectivity index (χ3n) is 0.674. The molecule has 0 saturated carbocycles. The second-order valence-electron chi connectivity index (χ2n) is 1.38. The molecule has 0 aromatic heterocycles. The Morgan fingerprint density at radius 1 is 1.78 bits per heavy atom. The Kier molecular flexibility index (Phi) is 3.12. The molecule has 0 aromatic rings. The van der Waals surface area contributed by atoms with Crippen LogP contribution in [0.15, 0.2) is 12.2 Å². The van der Waals surface area contributed by atoms with Crippen molar-refractivity contribution < 1.29 is 14.3 Å². The van der Waals surface area contributed by atoms with Gasteiger partial charge in [0.25, 0.3) is 6.47 Å². The summed E-state index contributed by atoms with van der Waals surface area (Å²) in [6.45, 7) is 3.34. The molecule has 0 aliphatic rings. The Bertz CT molecular complexity index is 141. The van der Waals surface area contributed by atoms with Gasteiger partial charge >= 0.3 is 0 Å². The molecule has 0 aliphatic carbocycles. The molecule has 1 amide bonds. The van der Waals surface area contributed by atoms with Crippen LogP contribution in [0.5, 0.6) is 0 Å². The van der Waals surface area contributed by atoms with Gasteiger partial charge in [-0.05, 0) is 0 Å². The molecule has 4 nitrogen and oxygen atoms in total. The first kappa shape index (κ1) is 7.68. The molecule has 0 saturated heterocycles. The number of hydrogen-bond donors (Lipinski definition) is 1. The van der Waals surface area contributed by atoms with Crippen LogP contribution in [0.1, 0.15) is 0 Å². The van der Waals surface area contributed by atoms with Crippen molar-refractivity contribution in [3.8, 4) is 0 Å². The van der Waals surface area contributed by atoms with Gasteiger partial charge in [0.1, 0.15) is 6.61 Å². The van der Waals surface area contributed by atoms with E-state index in [-0.39, 0.29) is 18.7 Å². The van der Waals surface area contributed by atoms with Crippen molar-refractivity contribution in [2.75, 3.05) is 6.61 Å². The molecule has 0 fully saturated rings. The number of carbonyl (C=O) groups is 2. The highest BCUT2D eigenvalue weighted by Gasteiger charge is 1.99. The number of nitrogens with two attached hydrogens (primary N) is 1. The van der Waals surface area contributed by atoms with Gasteiger partial charge in [-0.2, -0.15) is 0 Å². The standard InChI is InChI=1S/C5H7NO3/c1-4(5(6)8)2-9-3-7/h3H,1-2H2,(H2,6,8). The van der Waals surface area contributed by atoms with Crippen LogP contribution in [-0.4, -0.2) is 19.0 Å². The van der Waals surface area contributed by atoms with Crippen LogP contribution in [0.3, 0.4) is 0 Å². The zero-order valence-electron chi connectivity index (χ0n) is 4.79. The Balaban J connectivity index is 3.51. The van der Waals surface area contributed by atoms with Crippen LogP contribution in [0, 0.1) is 0 Å². The van der Waals surface area contributed by atoms with Crippen LogP contribution in [-0.2, 0) is 14.3 Å². The van der Waals surface area contributed by atoms with Crippen LogP contribution in [0.4, 0.5) is 0 Å². The summed E-state index contributed by atoms with van der Waals surface area (Å²) in [4.78, 5) is 19.6. The predicted octanol–water partition coefficient (Wildman–Crippen LogP) is -0.799. The smallest absolute Gasteiger partial charge is 0.293 e. The first-order valence-corrected chi connectivity index (χ1v) is 2.21. The average molecular weight is 129 g/mol. The lowest BCUT2D eigenvalue weighted by atomic mass is 10.3. The minimum absolute atomic E-state index is 0.0853. The quantitative estimate of drug-likeness (QED) is 0.399. The Morgan fingerprint density at radius 2 is 2.33 bits per heavy atom. The molecule has 0 atom stereocenters. The molecule has 4 heteroatoms. The minimum Gasteiger partial charge on any atom is -0.463 e. The molecule has 0 radical (unpaired) electrons. The van der Waals surface area contributed by atoms with E-state index in [0.717, 1.165) is 0 Å². The van der Waals surface area contributed by atoms with E-state index in [1.54, 1.807) is 0 Å². The lowest BCUT2D eigenvalue weighted by Gasteiger charge is -1.95. The van der Waals surface area contributed by atoms with Gasteiger partial charge in [0.2, 0.25) is 5.91 Å². The maximum absolute atomic E-state index is 10.1. The molecule has 9 heavy (non-hydrogen) atoms. The van der Waals surface area contributed by atoms with Crippen molar-refractivity contribution in [1.82, 2.24) is 0 Å². The molecular weight excluding hydrogens is 122 g/mol. The van der Waals surface area contributed by atoms with E-state index >= 15 is 0 Å². The minimum atomic E-state index is -0.656. The fourth-order valence-corrected chi connectivity index (χ4v) is 0.206. The highest BCUT2D eigenvalue weighted by molar-refractivity contribution is 5.91. The predicted molar refractivity (Wildman–Crippen MR) is 30.4 cm³/mol. The number of primary amides is 1.